The Bertz CT molecular complexity index is 389. The first-order valence-electron chi connectivity index (χ1n) is 3.70. The largest absolute Gasteiger partial charge is 0.478 e. The zero-order chi connectivity index (χ0) is 10.7. The Morgan fingerprint density at radius 3 is 2.43 bits per heavy atom. The lowest BCUT2D eigenvalue weighted by molar-refractivity contribution is 0.0697. The fourth-order valence-electron chi connectivity index (χ4n) is 0.942. The molecule has 0 bridgehead atoms. The molecule has 0 fully saturated rings. The smallest absolute Gasteiger partial charge is 0.335 e. The van der Waals surface area contributed by atoms with E-state index in [-0.39, 0.29) is 11.3 Å². The first-order chi connectivity index (χ1) is 6.50. The number of hydrogen-bond acceptors (Lipinski definition) is 3. The Morgan fingerprint density at radius 1 is 1.36 bits per heavy atom. The van der Waals surface area contributed by atoms with E-state index in [0.717, 1.165) is 0 Å². The van der Waals surface area contributed by atoms with Crippen molar-refractivity contribution in [1.29, 1.82) is 0 Å². The van der Waals surface area contributed by atoms with E-state index in [1.54, 1.807) is 0 Å². The molecular formula is C8H9N3O3. The van der Waals surface area contributed by atoms with E-state index in [1.807, 2.05) is 0 Å². The van der Waals surface area contributed by atoms with Crippen molar-refractivity contribution in [2.45, 2.75) is 0 Å². The fraction of sp³-hybridized carbons (Fsp3) is 0. The van der Waals surface area contributed by atoms with Gasteiger partial charge < -0.3 is 21.9 Å². The molecule has 6 N–H and O–H groups in total. The predicted molar refractivity (Wildman–Crippen MR) is 51.0 cm³/mol. The van der Waals surface area contributed by atoms with Crippen LogP contribution in [0.5, 0.6) is 0 Å². The zero-order valence-electron chi connectivity index (χ0n) is 7.15. The number of amides is 2. The van der Waals surface area contributed by atoms with Gasteiger partial charge in [-0.3, -0.25) is 0 Å². The number of hydrogen-bond donors (Lipinski definition) is 4. The lowest BCUT2D eigenvalue weighted by Crippen LogP contribution is -2.20. The van der Waals surface area contributed by atoms with Crippen molar-refractivity contribution < 1.29 is 14.7 Å². The van der Waals surface area contributed by atoms with E-state index < -0.39 is 12.0 Å². The Balaban J connectivity index is 3.01. The molecule has 0 atom stereocenters. The molecule has 0 saturated carbocycles. The van der Waals surface area contributed by atoms with Gasteiger partial charge in [-0.25, -0.2) is 9.59 Å². The number of carboxylic acid groups (broad SMARTS) is 1. The number of carbonyl (C=O) groups excluding carboxylic acids is 1. The van der Waals surface area contributed by atoms with Gasteiger partial charge in [0.1, 0.15) is 0 Å². The maximum Gasteiger partial charge on any atom is 0.335 e. The molecule has 0 aliphatic heterocycles. The number of anilines is 2. The third-order valence-electron chi connectivity index (χ3n) is 1.56. The molecule has 0 spiro atoms. The molecule has 1 aromatic rings. The molecule has 0 heterocycles. The average molecular weight is 195 g/mol. The van der Waals surface area contributed by atoms with Crippen LogP contribution < -0.4 is 16.8 Å². The fourth-order valence-corrected chi connectivity index (χ4v) is 0.942. The number of rotatable bonds is 2. The molecule has 6 heteroatoms. The normalized spacial score (nSPS) is 9.43. The van der Waals surface area contributed by atoms with Gasteiger partial charge in [0.2, 0.25) is 0 Å². The highest BCUT2D eigenvalue weighted by Crippen LogP contribution is 2.19. The molecule has 0 aliphatic rings. The molecule has 0 saturated heterocycles. The minimum Gasteiger partial charge on any atom is -0.478 e. The van der Waals surface area contributed by atoms with Crippen LogP contribution >= 0.6 is 0 Å². The van der Waals surface area contributed by atoms with E-state index in [2.05, 4.69) is 5.32 Å². The highest BCUT2D eigenvalue weighted by atomic mass is 16.4. The third kappa shape index (κ3) is 2.13. The summed E-state index contributed by atoms with van der Waals surface area (Å²) < 4.78 is 0. The summed E-state index contributed by atoms with van der Waals surface area (Å²) in [7, 11) is 0. The molecular weight excluding hydrogens is 186 g/mol. The van der Waals surface area contributed by atoms with E-state index in [4.69, 9.17) is 16.6 Å². The number of aromatic carboxylic acids is 1. The summed E-state index contributed by atoms with van der Waals surface area (Å²) in [5.74, 6) is -1.08. The monoisotopic (exact) mass is 195 g/mol. The number of carbonyl (C=O) groups is 2. The first-order valence-corrected chi connectivity index (χ1v) is 3.70. The van der Waals surface area contributed by atoms with Gasteiger partial charge in [0.25, 0.3) is 0 Å². The maximum absolute atomic E-state index is 10.5. The predicted octanol–water partition coefficient (Wildman–Crippen LogP) is 0.458. The second kappa shape index (κ2) is 3.65. The van der Waals surface area contributed by atoms with Gasteiger partial charge in [0, 0.05) is 0 Å². The molecule has 0 aliphatic carbocycles. The van der Waals surface area contributed by atoms with Gasteiger partial charge in [0.15, 0.2) is 0 Å². The van der Waals surface area contributed by atoms with E-state index in [1.165, 1.54) is 18.2 Å². The van der Waals surface area contributed by atoms with Crippen LogP contribution in [-0.4, -0.2) is 17.1 Å². The highest BCUT2D eigenvalue weighted by molar-refractivity contribution is 5.94. The zero-order valence-corrected chi connectivity index (χ0v) is 7.15. The van der Waals surface area contributed by atoms with Crippen molar-refractivity contribution in [3.05, 3.63) is 23.8 Å². The third-order valence-corrected chi connectivity index (χ3v) is 1.56. The number of nitrogen functional groups attached to an aromatic ring is 1. The number of carboxylic acids is 1. The van der Waals surface area contributed by atoms with Crippen molar-refractivity contribution in [3.8, 4) is 0 Å². The van der Waals surface area contributed by atoms with E-state index >= 15 is 0 Å². The van der Waals surface area contributed by atoms with Crippen LogP contribution in [0.15, 0.2) is 18.2 Å². The van der Waals surface area contributed by atoms with Crippen LogP contribution in [-0.2, 0) is 0 Å². The minimum absolute atomic E-state index is 0.0533. The van der Waals surface area contributed by atoms with Crippen LogP contribution in [0.25, 0.3) is 0 Å². The van der Waals surface area contributed by atoms with Gasteiger partial charge in [-0.15, -0.1) is 0 Å². The van der Waals surface area contributed by atoms with Gasteiger partial charge >= 0.3 is 12.0 Å². The van der Waals surface area contributed by atoms with Crippen LogP contribution in [0.4, 0.5) is 16.2 Å². The topological polar surface area (TPSA) is 118 Å². The molecule has 0 radical (unpaired) electrons. The second-order valence-corrected chi connectivity index (χ2v) is 2.60. The molecule has 6 nitrogen and oxygen atoms in total. The Hall–Kier alpha value is -2.24. The SMILES string of the molecule is NC(=O)Nc1ccc(C(=O)O)cc1N. The first kappa shape index (κ1) is 9.85. The van der Waals surface area contributed by atoms with Crippen LogP contribution in [0.3, 0.4) is 0 Å². The van der Waals surface area contributed by atoms with Crippen molar-refractivity contribution in [2.24, 2.45) is 5.73 Å². The van der Waals surface area contributed by atoms with Crippen LogP contribution in [0.2, 0.25) is 0 Å². The summed E-state index contributed by atoms with van der Waals surface area (Å²) in [5, 5.41) is 10.9. The average Bonchev–Trinajstić information content (AvgIpc) is 2.07. The van der Waals surface area contributed by atoms with Gasteiger partial charge in [-0.1, -0.05) is 0 Å². The Kier molecular flexibility index (Phi) is 2.57. The lowest BCUT2D eigenvalue weighted by Gasteiger charge is -2.05. The molecule has 1 rings (SSSR count). The molecule has 0 aromatic heterocycles. The molecule has 14 heavy (non-hydrogen) atoms. The Labute approximate surface area is 79.5 Å². The van der Waals surface area contributed by atoms with Crippen molar-refractivity contribution >= 4 is 23.4 Å². The number of nitrogens with one attached hydrogen (secondary N) is 1. The van der Waals surface area contributed by atoms with E-state index in [0.29, 0.717) is 5.69 Å². The molecule has 2 amide bonds. The van der Waals surface area contributed by atoms with Crippen LogP contribution in [0.1, 0.15) is 10.4 Å². The molecule has 0 unspecified atom stereocenters. The number of nitrogens with two attached hydrogens (primary N) is 2. The summed E-state index contributed by atoms with van der Waals surface area (Å²) in [4.78, 5) is 21.0. The van der Waals surface area contributed by atoms with Gasteiger partial charge in [0.05, 0.1) is 16.9 Å². The van der Waals surface area contributed by atoms with Gasteiger partial charge in [-0.2, -0.15) is 0 Å². The van der Waals surface area contributed by atoms with Crippen molar-refractivity contribution in [3.63, 3.8) is 0 Å². The quantitative estimate of drug-likeness (QED) is 0.512. The maximum atomic E-state index is 10.5. The summed E-state index contributed by atoms with van der Waals surface area (Å²) in [6.45, 7) is 0. The number of benzene rings is 1. The lowest BCUT2D eigenvalue weighted by atomic mass is 10.2. The van der Waals surface area contributed by atoms with Gasteiger partial charge in [-0.05, 0) is 18.2 Å². The summed E-state index contributed by atoms with van der Waals surface area (Å²) in [6, 6.07) is 3.20. The van der Waals surface area contributed by atoms with Crippen molar-refractivity contribution in [1.82, 2.24) is 0 Å². The summed E-state index contributed by atoms with van der Waals surface area (Å²) >= 11 is 0. The second-order valence-electron chi connectivity index (χ2n) is 2.60. The van der Waals surface area contributed by atoms with Crippen molar-refractivity contribution in [2.75, 3.05) is 11.1 Å². The number of urea groups is 1. The Morgan fingerprint density at radius 2 is 2.00 bits per heavy atom. The standard InChI is InChI=1S/C8H9N3O3/c9-5-3-4(7(12)13)1-2-6(5)11-8(10)14/h1-3H,9H2,(H,12,13)(H3,10,11,14). The summed E-state index contributed by atoms with van der Waals surface area (Å²) in [6.07, 6.45) is 0. The minimum atomic E-state index is -1.08. The highest BCUT2D eigenvalue weighted by Gasteiger charge is 2.06. The summed E-state index contributed by atoms with van der Waals surface area (Å²) in [5.41, 5.74) is 10.8. The molecule has 74 valence electrons. The van der Waals surface area contributed by atoms with Crippen LogP contribution in [0, 0.1) is 0 Å². The van der Waals surface area contributed by atoms with E-state index in [9.17, 15) is 9.59 Å². The number of primary amides is 1. The molecule has 1 aromatic carbocycles.